The van der Waals surface area contributed by atoms with Crippen molar-refractivity contribution < 1.29 is 21.6 Å². The number of fused-ring (bicyclic) bond motifs is 3. The molecule has 0 fully saturated rings. The van der Waals surface area contributed by atoms with Crippen molar-refractivity contribution in [1.82, 2.24) is 19.1 Å². The number of alkyl halides is 3. The Hall–Kier alpha value is -3.18. The fourth-order valence-electron chi connectivity index (χ4n) is 3.33. The van der Waals surface area contributed by atoms with E-state index in [2.05, 4.69) is 9.82 Å². The normalized spacial score (nSPS) is 12.7. The number of pyridine rings is 1. The van der Waals surface area contributed by atoms with Gasteiger partial charge in [-0.25, -0.2) is 13.1 Å². The molecule has 4 rings (SSSR count). The van der Waals surface area contributed by atoms with Crippen LogP contribution in [-0.4, -0.2) is 29.8 Å². The van der Waals surface area contributed by atoms with Crippen LogP contribution >= 0.6 is 0 Å². The van der Waals surface area contributed by atoms with Crippen LogP contribution in [0.3, 0.4) is 0 Å². The van der Waals surface area contributed by atoms with Gasteiger partial charge in [0.15, 0.2) is 5.52 Å². The van der Waals surface area contributed by atoms with Crippen molar-refractivity contribution in [2.24, 2.45) is 7.05 Å². The summed E-state index contributed by atoms with van der Waals surface area (Å²) in [5.74, 6) is 0. The number of hydrogen-bond acceptors (Lipinski definition) is 4. The average Bonchev–Trinajstić information content (AvgIpc) is 3.10. The Kier molecular flexibility index (Phi) is 4.47. The maximum atomic E-state index is 13.1. The first-order valence-corrected chi connectivity index (χ1v) is 10.1. The second-order valence-electron chi connectivity index (χ2n) is 6.64. The first-order chi connectivity index (χ1) is 14.0. The number of sulfonamides is 1. The van der Waals surface area contributed by atoms with Crippen LogP contribution in [0.25, 0.3) is 27.5 Å². The number of hydrogen-bond donors (Lipinski definition) is 1. The van der Waals surface area contributed by atoms with Crippen LogP contribution in [0.2, 0.25) is 0 Å². The molecule has 0 aliphatic rings. The summed E-state index contributed by atoms with van der Waals surface area (Å²) in [6.45, 7) is 0. The van der Waals surface area contributed by atoms with Gasteiger partial charge in [0, 0.05) is 29.7 Å². The Balaban J connectivity index is 2.08. The number of aromatic nitrogens is 3. The number of benzene rings is 2. The highest BCUT2D eigenvalue weighted by molar-refractivity contribution is 7.89. The second-order valence-corrected chi connectivity index (χ2v) is 8.52. The monoisotopic (exact) mass is 436 g/mol. The molecule has 0 aliphatic carbocycles. The van der Waals surface area contributed by atoms with Gasteiger partial charge >= 0.3 is 6.18 Å². The van der Waals surface area contributed by atoms with Gasteiger partial charge in [0.25, 0.3) is 5.56 Å². The van der Waals surface area contributed by atoms with Crippen molar-refractivity contribution in [3.63, 3.8) is 0 Å². The Morgan fingerprint density at radius 1 is 1.03 bits per heavy atom. The molecule has 0 atom stereocenters. The summed E-state index contributed by atoms with van der Waals surface area (Å²) in [4.78, 5) is 13.1. The Bertz CT molecular complexity index is 1450. The van der Waals surface area contributed by atoms with Gasteiger partial charge in [-0.05, 0) is 49.5 Å². The third-order valence-electron chi connectivity index (χ3n) is 4.77. The second kappa shape index (κ2) is 6.67. The highest BCUT2D eigenvalue weighted by atomic mass is 32.2. The molecule has 0 aliphatic heterocycles. The minimum atomic E-state index is -4.51. The minimum absolute atomic E-state index is 0.0136. The summed E-state index contributed by atoms with van der Waals surface area (Å²) in [5, 5.41) is 5.02. The number of aryl methyl sites for hydroxylation is 1. The summed E-state index contributed by atoms with van der Waals surface area (Å²) in [6, 6.07) is 8.34. The number of rotatable bonds is 3. The van der Waals surface area contributed by atoms with Crippen LogP contribution in [0.15, 0.2) is 58.4 Å². The lowest BCUT2D eigenvalue weighted by Gasteiger charge is -2.13. The molecule has 0 saturated heterocycles. The molecule has 11 heteroatoms. The van der Waals surface area contributed by atoms with E-state index in [0.29, 0.717) is 16.3 Å². The van der Waals surface area contributed by atoms with Crippen LogP contribution in [0.5, 0.6) is 0 Å². The predicted octanol–water partition coefficient (Wildman–Crippen LogP) is 2.80. The fourth-order valence-corrected chi connectivity index (χ4v) is 4.08. The maximum absolute atomic E-state index is 13.1. The number of nitrogens with one attached hydrogen (secondary N) is 1. The van der Waals surface area contributed by atoms with Crippen LogP contribution in [0.4, 0.5) is 13.2 Å². The Morgan fingerprint density at radius 3 is 2.30 bits per heavy atom. The van der Waals surface area contributed by atoms with Crippen molar-refractivity contribution >= 4 is 31.8 Å². The van der Waals surface area contributed by atoms with Crippen LogP contribution in [-0.2, 0) is 23.2 Å². The molecule has 0 bridgehead atoms. The van der Waals surface area contributed by atoms with E-state index in [1.165, 1.54) is 46.6 Å². The molecule has 0 amide bonds. The summed E-state index contributed by atoms with van der Waals surface area (Å²) in [7, 11) is -0.858. The molecule has 0 unspecified atom stereocenters. The van der Waals surface area contributed by atoms with Crippen molar-refractivity contribution in [2.75, 3.05) is 7.05 Å². The van der Waals surface area contributed by atoms with Gasteiger partial charge in [-0.1, -0.05) is 0 Å². The minimum Gasteiger partial charge on any atom is -0.275 e. The zero-order chi connectivity index (χ0) is 21.8. The zero-order valence-electron chi connectivity index (χ0n) is 15.7. The summed E-state index contributed by atoms with van der Waals surface area (Å²) >= 11 is 0. The Morgan fingerprint density at radius 2 is 1.70 bits per heavy atom. The third-order valence-corrected chi connectivity index (χ3v) is 6.18. The largest absolute Gasteiger partial charge is 0.416 e. The SMILES string of the molecule is CNS(=O)(=O)c1ccc2c(c1)c1cn(C)nc1c(=O)n2-c1ccc(C(F)(F)F)cc1. The van der Waals surface area contributed by atoms with Crippen LogP contribution in [0, 0.1) is 0 Å². The third kappa shape index (κ3) is 3.15. The predicted molar refractivity (Wildman–Crippen MR) is 105 cm³/mol. The topological polar surface area (TPSA) is 86.0 Å². The van der Waals surface area contributed by atoms with Crippen molar-refractivity contribution in [3.05, 3.63) is 64.6 Å². The standard InChI is InChI=1S/C19H15F3N4O3S/c1-23-30(28,29)13-7-8-16-14(9-13)15-10-25(2)24-17(15)18(27)26(16)12-5-3-11(4-6-12)19(20,21)22/h3-10,23H,1-2H3. The van der Waals surface area contributed by atoms with Gasteiger partial charge in [-0.3, -0.25) is 14.0 Å². The number of nitrogens with zero attached hydrogens (tertiary/aromatic N) is 3. The molecule has 4 aromatic rings. The van der Waals surface area contributed by atoms with Gasteiger partial charge in [0.2, 0.25) is 10.0 Å². The maximum Gasteiger partial charge on any atom is 0.416 e. The van der Waals surface area contributed by atoms with E-state index in [9.17, 15) is 26.4 Å². The van der Waals surface area contributed by atoms with E-state index >= 15 is 0 Å². The molecular formula is C19H15F3N4O3S. The summed E-state index contributed by atoms with van der Waals surface area (Å²) in [5.41, 5.74) is -0.749. The quantitative estimate of drug-likeness (QED) is 0.535. The van der Waals surface area contributed by atoms with Crippen LogP contribution in [0.1, 0.15) is 5.56 Å². The lowest BCUT2D eigenvalue weighted by atomic mass is 10.1. The molecule has 0 radical (unpaired) electrons. The molecule has 30 heavy (non-hydrogen) atoms. The molecule has 2 aromatic heterocycles. The molecule has 2 heterocycles. The molecule has 7 nitrogen and oxygen atoms in total. The lowest BCUT2D eigenvalue weighted by molar-refractivity contribution is -0.137. The van der Waals surface area contributed by atoms with E-state index in [1.54, 1.807) is 13.2 Å². The summed E-state index contributed by atoms with van der Waals surface area (Å²) < 4.78 is 68.1. The summed E-state index contributed by atoms with van der Waals surface area (Å²) in [6.07, 6.45) is -2.92. The van der Waals surface area contributed by atoms with Gasteiger partial charge in [-0.15, -0.1) is 0 Å². The van der Waals surface area contributed by atoms with Gasteiger partial charge in [0.1, 0.15) is 0 Å². The highest BCUT2D eigenvalue weighted by Crippen LogP contribution is 2.31. The first-order valence-electron chi connectivity index (χ1n) is 8.66. The molecule has 2 aromatic carbocycles. The first kappa shape index (κ1) is 20.1. The van der Waals surface area contributed by atoms with E-state index in [4.69, 9.17) is 0 Å². The van der Waals surface area contributed by atoms with E-state index in [0.717, 1.165) is 12.1 Å². The van der Waals surface area contributed by atoms with Gasteiger partial charge < -0.3 is 0 Å². The zero-order valence-corrected chi connectivity index (χ0v) is 16.5. The fraction of sp³-hybridized carbons (Fsp3) is 0.158. The molecule has 0 spiro atoms. The van der Waals surface area contributed by atoms with Gasteiger partial charge in [-0.2, -0.15) is 18.3 Å². The Labute approximate surface area is 168 Å². The lowest BCUT2D eigenvalue weighted by Crippen LogP contribution is -2.21. The number of halogens is 3. The van der Waals surface area contributed by atoms with Crippen LogP contribution < -0.4 is 10.3 Å². The van der Waals surface area contributed by atoms with E-state index in [1.807, 2.05) is 0 Å². The molecule has 0 saturated carbocycles. The van der Waals surface area contributed by atoms with Gasteiger partial charge in [0.05, 0.1) is 16.0 Å². The molecule has 1 N–H and O–H groups in total. The van der Waals surface area contributed by atoms with Crippen molar-refractivity contribution in [2.45, 2.75) is 11.1 Å². The van der Waals surface area contributed by atoms with E-state index in [-0.39, 0.29) is 16.1 Å². The average molecular weight is 436 g/mol. The molecular weight excluding hydrogens is 421 g/mol. The van der Waals surface area contributed by atoms with E-state index < -0.39 is 27.3 Å². The van der Waals surface area contributed by atoms with Crippen molar-refractivity contribution in [3.8, 4) is 5.69 Å². The highest BCUT2D eigenvalue weighted by Gasteiger charge is 2.30. The molecule has 156 valence electrons. The smallest absolute Gasteiger partial charge is 0.275 e. The van der Waals surface area contributed by atoms with Crippen molar-refractivity contribution in [1.29, 1.82) is 0 Å².